The molecule has 0 aliphatic heterocycles. The Bertz CT molecular complexity index is 1180. The lowest BCUT2D eigenvalue weighted by Gasteiger charge is -2.29. The van der Waals surface area contributed by atoms with E-state index in [4.69, 9.17) is 5.26 Å². The van der Waals surface area contributed by atoms with Crippen molar-refractivity contribution in [3.8, 4) is 6.07 Å². The highest BCUT2D eigenvalue weighted by molar-refractivity contribution is 6.03. The van der Waals surface area contributed by atoms with Gasteiger partial charge in [0.25, 0.3) is 5.91 Å². The summed E-state index contributed by atoms with van der Waals surface area (Å²) in [6, 6.07) is 7.81. The number of carbonyl (C=O) groups excluding carboxylic acids is 1. The number of anilines is 1. The molecule has 35 heavy (non-hydrogen) atoms. The van der Waals surface area contributed by atoms with E-state index in [0.717, 1.165) is 48.0 Å². The number of aliphatic hydroxyl groups is 3. The monoisotopic (exact) mass is 476 g/mol. The molecule has 2 aromatic rings. The molecule has 0 spiro atoms. The summed E-state index contributed by atoms with van der Waals surface area (Å²) in [5.41, 5.74) is 3.82. The zero-order chi connectivity index (χ0) is 24.8. The number of benzene rings is 1. The number of aromatic nitrogens is 2. The van der Waals surface area contributed by atoms with Gasteiger partial charge >= 0.3 is 0 Å². The van der Waals surface area contributed by atoms with E-state index in [2.05, 4.69) is 27.4 Å². The van der Waals surface area contributed by atoms with Gasteiger partial charge in [0.05, 0.1) is 18.4 Å². The van der Waals surface area contributed by atoms with Gasteiger partial charge in [0.15, 0.2) is 5.82 Å². The summed E-state index contributed by atoms with van der Waals surface area (Å²) in [7, 11) is 0. The van der Waals surface area contributed by atoms with Gasteiger partial charge in [-0.25, -0.2) is 4.98 Å². The van der Waals surface area contributed by atoms with Gasteiger partial charge in [0.1, 0.15) is 11.8 Å². The third-order valence-corrected chi connectivity index (χ3v) is 7.00. The number of hydrogen-bond acceptors (Lipinski definition) is 6. The number of aromatic amines is 1. The fraction of sp³-hybridized carbons (Fsp3) is 0.444. The highest BCUT2D eigenvalue weighted by Gasteiger charge is 2.33. The van der Waals surface area contributed by atoms with Crippen LogP contribution in [0, 0.1) is 11.3 Å². The minimum absolute atomic E-state index is 0.0638. The Balaban J connectivity index is 1.70. The molecule has 0 saturated carbocycles. The molecule has 2 aliphatic rings. The largest absolute Gasteiger partial charge is 0.396 e. The Morgan fingerprint density at radius 1 is 1.29 bits per heavy atom. The highest BCUT2D eigenvalue weighted by Crippen LogP contribution is 2.40. The Kier molecular flexibility index (Phi) is 7.81. The third-order valence-electron chi connectivity index (χ3n) is 7.00. The SMILES string of the molecule is N#Cc1cnc(C(=O)Nc2ccc(C3C=C(CO)CC[C@@](O)(CCO)C3)cc2C2=CCCCC2)[nH]1. The lowest BCUT2D eigenvalue weighted by atomic mass is 9.82. The van der Waals surface area contributed by atoms with Crippen LogP contribution in [0.5, 0.6) is 0 Å². The molecule has 1 aromatic carbocycles. The molecule has 0 radical (unpaired) electrons. The van der Waals surface area contributed by atoms with E-state index in [1.807, 2.05) is 24.3 Å². The molecule has 8 nitrogen and oxygen atoms in total. The first-order chi connectivity index (χ1) is 16.9. The number of H-pyrrole nitrogens is 1. The molecular formula is C27H32N4O4. The first kappa shape index (κ1) is 24.9. The van der Waals surface area contributed by atoms with E-state index in [-0.39, 0.29) is 37.1 Å². The Labute approximate surface area is 205 Å². The van der Waals surface area contributed by atoms with Crippen LogP contribution in [-0.4, -0.2) is 50.0 Å². The standard InChI is InChI=1S/C27H32N4O4/c28-15-22-16-29-25(30-22)26(34)31-24-7-6-20(13-23(24)19-4-2-1-3-5-19)21-12-18(17-33)8-9-27(35,14-21)10-11-32/h4,6-7,12-13,16,21,32-33,35H,1-3,5,8-11,14,17H2,(H,29,30)(H,31,34)/t21?,27-/m1/s1. The number of nitriles is 1. The fourth-order valence-electron chi connectivity index (χ4n) is 5.04. The molecule has 1 amide bonds. The van der Waals surface area contributed by atoms with Gasteiger partial charge < -0.3 is 25.6 Å². The molecule has 184 valence electrons. The maximum Gasteiger partial charge on any atom is 0.291 e. The summed E-state index contributed by atoms with van der Waals surface area (Å²) in [5.74, 6) is -0.485. The molecule has 2 aliphatic carbocycles. The van der Waals surface area contributed by atoms with E-state index in [1.165, 1.54) is 6.20 Å². The van der Waals surface area contributed by atoms with Crippen LogP contribution in [0.3, 0.4) is 0 Å². The van der Waals surface area contributed by atoms with Crippen LogP contribution >= 0.6 is 0 Å². The number of carbonyl (C=O) groups is 1. The van der Waals surface area contributed by atoms with Crippen molar-refractivity contribution in [2.24, 2.45) is 0 Å². The lowest BCUT2D eigenvalue weighted by Crippen LogP contribution is -2.31. The number of amides is 1. The first-order valence-corrected chi connectivity index (χ1v) is 12.2. The average Bonchev–Trinajstić information content (AvgIpc) is 3.30. The van der Waals surface area contributed by atoms with Crippen LogP contribution in [0.1, 0.15) is 84.7 Å². The van der Waals surface area contributed by atoms with Crippen molar-refractivity contribution in [2.45, 2.75) is 62.9 Å². The van der Waals surface area contributed by atoms with Gasteiger partial charge in [0, 0.05) is 23.8 Å². The average molecular weight is 477 g/mol. The summed E-state index contributed by atoms with van der Waals surface area (Å²) >= 11 is 0. The fourth-order valence-corrected chi connectivity index (χ4v) is 5.04. The molecule has 4 rings (SSSR count). The molecule has 8 heteroatoms. The number of nitrogens with one attached hydrogen (secondary N) is 2. The van der Waals surface area contributed by atoms with Crippen LogP contribution in [0.15, 0.2) is 42.1 Å². The van der Waals surface area contributed by atoms with E-state index in [0.29, 0.717) is 24.9 Å². The molecule has 0 bridgehead atoms. The predicted molar refractivity (Wildman–Crippen MR) is 133 cm³/mol. The number of imidazole rings is 1. The Hall–Kier alpha value is -3.25. The van der Waals surface area contributed by atoms with Crippen molar-refractivity contribution < 1.29 is 20.1 Å². The summed E-state index contributed by atoms with van der Waals surface area (Å²) in [4.78, 5) is 19.5. The molecular weight excluding hydrogens is 444 g/mol. The van der Waals surface area contributed by atoms with Crippen LogP contribution < -0.4 is 5.32 Å². The topological polar surface area (TPSA) is 142 Å². The summed E-state index contributed by atoms with van der Waals surface area (Å²) in [6.07, 6.45) is 11.5. The number of aliphatic hydroxyl groups excluding tert-OH is 2. The second-order valence-electron chi connectivity index (χ2n) is 9.48. The predicted octanol–water partition coefficient (Wildman–Crippen LogP) is 3.79. The van der Waals surface area contributed by atoms with E-state index >= 15 is 0 Å². The van der Waals surface area contributed by atoms with Gasteiger partial charge in [-0.3, -0.25) is 4.79 Å². The number of hydrogen-bond donors (Lipinski definition) is 5. The second kappa shape index (κ2) is 11.0. The summed E-state index contributed by atoms with van der Waals surface area (Å²) in [5, 5.41) is 42.4. The molecule has 1 aromatic heterocycles. The van der Waals surface area contributed by atoms with Crippen molar-refractivity contribution in [3.63, 3.8) is 0 Å². The van der Waals surface area contributed by atoms with E-state index < -0.39 is 11.5 Å². The highest BCUT2D eigenvalue weighted by atomic mass is 16.3. The van der Waals surface area contributed by atoms with Gasteiger partial charge in [0.2, 0.25) is 0 Å². The minimum Gasteiger partial charge on any atom is -0.396 e. The minimum atomic E-state index is -1.01. The van der Waals surface area contributed by atoms with Crippen LogP contribution in [-0.2, 0) is 0 Å². The van der Waals surface area contributed by atoms with Crippen molar-refractivity contribution in [2.75, 3.05) is 18.5 Å². The number of allylic oxidation sites excluding steroid dienone is 3. The zero-order valence-corrected chi connectivity index (χ0v) is 19.8. The van der Waals surface area contributed by atoms with Gasteiger partial charge in [-0.1, -0.05) is 18.2 Å². The van der Waals surface area contributed by atoms with Crippen LogP contribution in [0.2, 0.25) is 0 Å². The van der Waals surface area contributed by atoms with Gasteiger partial charge in [-0.2, -0.15) is 5.26 Å². The van der Waals surface area contributed by atoms with Gasteiger partial charge in [-0.05, 0) is 80.2 Å². The van der Waals surface area contributed by atoms with Crippen molar-refractivity contribution in [1.82, 2.24) is 9.97 Å². The Morgan fingerprint density at radius 3 is 2.83 bits per heavy atom. The lowest BCUT2D eigenvalue weighted by molar-refractivity contribution is -0.000604. The van der Waals surface area contributed by atoms with Crippen molar-refractivity contribution in [1.29, 1.82) is 5.26 Å². The van der Waals surface area contributed by atoms with Gasteiger partial charge in [-0.15, -0.1) is 0 Å². The molecule has 1 heterocycles. The smallest absolute Gasteiger partial charge is 0.291 e. The van der Waals surface area contributed by atoms with E-state index in [1.54, 1.807) is 0 Å². The summed E-state index contributed by atoms with van der Waals surface area (Å²) < 4.78 is 0. The summed E-state index contributed by atoms with van der Waals surface area (Å²) in [6.45, 7) is -0.160. The van der Waals surface area contributed by atoms with Crippen molar-refractivity contribution in [3.05, 3.63) is 64.8 Å². The number of nitrogens with zero attached hydrogens (tertiary/aromatic N) is 2. The van der Waals surface area contributed by atoms with Crippen LogP contribution in [0.4, 0.5) is 5.69 Å². The number of rotatable bonds is 7. The normalized spacial score (nSPS) is 22.5. The first-order valence-electron chi connectivity index (χ1n) is 12.2. The molecule has 0 saturated heterocycles. The van der Waals surface area contributed by atoms with E-state index in [9.17, 15) is 20.1 Å². The third kappa shape index (κ3) is 5.88. The quantitative estimate of drug-likeness (QED) is 0.385. The second-order valence-corrected chi connectivity index (χ2v) is 9.48. The maximum absolute atomic E-state index is 12.8. The molecule has 1 unspecified atom stereocenters. The molecule has 0 fully saturated rings. The van der Waals surface area contributed by atoms with Crippen LogP contribution in [0.25, 0.3) is 5.57 Å². The zero-order valence-electron chi connectivity index (χ0n) is 19.8. The molecule has 2 atom stereocenters. The maximum atomic E-state index is 12.8. The molecule has 5 N–H and O–H groups in total. The van der Waals surface area contributed by atoms with Crippen molar-refractivity contribution >= 4 is 17.2 Å². The Morgan fingerprint density at radius 2 is 2.14 bits per heavy atom.